The number of rotatable bonds is 5. The normalized spacial score (nSPS) is 11.7. The highest BCUT2D eigenvalue weighted by atomic mass is 32.2. The molecular formula is C21H16F2N2O3S. The molecule has 0 aliphatic carbocycles. The van der Waals surface area contributed by atoms with Crippen LogP contribution < -0.4 is 4.74 Å². The summed E-state index contributed by atoms with van der Waals surface area (Å²) in [4.78, 5) is 7.74. The Bertz CT molecular complexity index is 1320. The van der Waals surface area contributed by atoms with Crippen molar-refractivity contribution < 1.29 is 21.9 Å². The molecule has 4 rings (SSSR count). The Hall–Kier alpha value is -3.26. The van der Waals surface area contributed by atoms with Crippen LogP contribution in [0.3, 0.4) is 0 Å². The Labute approximate surface area is 165 Å². The fourth-order valence-electron chi connectivity index (χ4n) is 3.06. The lowest BCUT2D eigenvalue weighted by Gasteiger charge is -2.07. The van der Waals surface area contributed by atoms with Gasteiger partial charge in [0.15, 0.2) is 21.4 Å². The molecule has 0 radical (unpaired) electrons. The summed E-state index contributed by atoms with van der Waals surface area (Å²) < 4.78 is 56.2. The van der Waals surface area contributed by atoms with E-state index in [4.69, 9.17) is 4.74 Å². The maximum atomic E-state index is 13.7. The highest BCUT2D eigenvalue weighted by Gasteiger charge is 2.15. The zero-order chi connectivity index (χ0) is 20.6. The molecule has 0 atom stereocenters. The summed E-state index contributed by atoms with van der Waals surface area (Å²) in [6.07, 6.45) is 1.17. The predicted octanol–water partition coefficient (Wildman–Crippen LogP) is 4.49. The summed E-state index contributed by atoms with van der Waals surface area (Å²) in [5, 5.41) is 0. The third-order valence-electron chi connectivity index (χ3n) is 4.39. The number of ether oxygens (including phenoxy) is 1. The van der Waals surface area contributed by atoms with Crippen LogP contribution in [0.4, 0.5) is 8.78 Å². The van der Waals surface area contributed by atoms with Crippen LogP contribution in [-0.4, -0.2) is 24.6 Å². The molecular weight excluding hydrogens is 398 g/mol. The summed E-state index contributed by atoms with van der Waals surface area (Å²) in [6, 6.07) is 15.2. The summed E-state index contributed by atoms with van der Waals surface area (Å²) in [7, 11) is -3.39. The summed E-state index contributed by atoms with van der Waals surface area (Å²) in [5.74, 6) is -1.09. The molecule has 0 spiro atoms. The van der Waals surface area contributed by atoms with Gasteiger partial charge in [-0.3, -0.25) is 0 Å². The monoisotopic (exact) mass is 414 g/mol. The maximum Gasteiger partial charge on any atom is 0.176 e. The van der Waals surface area contributed by atoms with Crippen molar-refractivity contribution in [2.75, 3.05) is 6.26 Å². The molecule has 0 fully saturated rings. The van der Waals surface area contributed by atoms with Crippen LogP contribution in [0.25, 0.3) is 22.2 Å². The van der Waals surface area contributed by atoms with Crippen molar-refractivity contribution in [1.29, 1.82) is 0 Å². The van der Waals surface area contributed by atoms with Gasteiger partial charge in [-0.2, -0.15) is 0 Å². The molecule has 0 aliphatic heterocycles. The average Bonchev–Trinajstić information content (AvgIpc) is 3.08. The molecule has 1 aromatic heterocycles. The minimum atomic E-state index is -3.39. The van der Waals surface area contributed by atoms with Crippen LogP contribution in [0.2, 0.25) is 0 Å². The van der Waals surface area contributed by atoms with Gasteiger partial charge >= 0.3 is 0 Å². The number of nitrogens with one attached hydrogen (secondary N) is 1. The Morgan fingerprint density at radius 2 is 1.83 bits per heavy atom. The number of benzene rings is 3. The van der Waals surface area contributed by atoms with E-state index in [0.717, 1.165) is 17.6 Å². The molecule has 148 valence electrons. The van der Waals surface area contributed by atoms with Gasteiger partial charge in [-0.25, -0.2) is 22.2 Å². The number of H-pyrrole nitrogens is 1. The fraction of sp³-hybridized carbons (Fsp3) is 0.0952. The van der Waals surface area contributed by atoms with E-state index < -0.39 is 21.5 Å². The van der Waals surface area contributed by atoms with E-state index in [9.17, 15) is 17.2 Å². The zero-order valence-electron chi connectivity index (χ0n) is 15.3. The van der Waals surface area contributed by atoms with Crippen molar-refractivity contribution in [2.24, 2.45) is 0 Å². The lowest BCUT2D eigenvalue weighted by atomic mass is 10.1. The summed E-state index contributed by atoms with van der Waals surface area (Å²) in [5.41, 5.74) is 2.64. The number of hydrogen-bond acceptors (Lipinski definition) is 4. The first-order valence-corrected chi connectivity index (χ1v) is 10.6. The number of hydrogen-bond donors (Lipinski definition) is 1. The van der Waals surface area contributed by atoms with E-state index in [0.29, 0.717) is 22.5 Å². The van der Waals surface area contributed by atoms with Crippen molar-refractivity contribution >= 4 is 20.9 Å². The molecule has 5 nitrogen and oxygen atoms in total. The van der Waals surface area contributed by atoms with E-state index in [2.05, 4.69) is 9.97 Å². The van der Waals surface area contributed by atoms with Crippen LogP contribution in [0.15, 0.2) is 65.6 Å². The predicted molar refractivity (Wildman–Crippen MR) is 105 cm³/mol. The molecule has 0 amide bonds. The molecule has 0 bridgehead atoms. The molecule has 4 aromatic rings. The molecule has 0 saturated carbocycles. The molecule has 8 heteroatoms. The first-order valence-electron chi connectivity index (χ1n) is 8.67. The Morgan fingerprint density at radius 1 is 1.03 bits per heavy atom. The number of sulfone groups is 1. The second-order valence-corrected chi connectivity index (χ2v) is 8.53. The van der Waals surface area contributed by atoms with E-state index in [1.54, 1.807) is 42.5 Å². The van der Waals surface area contributed by atoms with Crippen molar-refractivity contribution in [1.82, 2.24) is 9.97 Å². The first-order chi connectivity index (χ1) is 13.8. The largest absolute Gasteiger partial charge is 0.483 e. The zero-order valence-corrected chi connectivity index (χ0v) is 16.1. The van der Waals surface area contributed by atoms with Crippen molar-refractivity contribution in [3.8, 4) is 16.9 Å². The minimum absolute atomic E-state index is 0.0352. The smallest absolute Gasteiger partial charge is 0.176 e. The third-order valence-corrected chi connectivity index (χ3v) is 5.54. The van der Waals surface area contributed by atoms with Crippen molar-refractivity contribution in [2.45, 2.75) is 11.5 Å². The van der Waals surface area contributed by atoms with Gasteiger partial charge in [0.05, 0.1) is 15.9 Å². The fourth-order valence-corrected chi connectivity index (χ4v) is 3.97. The van der Waals surface area contributed by atoms with Gasteiger partial charge in [-0.15, -0.1) is 0 Å². The van der Waals surface area contributed by atoms with E-state index in [1.165, 1.54) is 12.3 Å². The lowest BCUT2D eigenvalue weighted by Crippen LogP contribution is -1.99. The van der Waals surface area contributed by atoms with Crippen molar-refractivity contribution in [3.05, 3.63) is 78.1 Å². The molecule has 3 aromatic carbocycles. The highest BCUT2D eigenvalue weighted by Crippen LogP contribution is 2.29. The van der Waals surface area contributed by atoms with E-state index >= 15 is 0 Å². The second kappa shape index (κ2) is 7.29. The number of nitrogens with zero attached hydrogens (tertiary/aromatic N) is 1. The van der Waals surface area contributed by atoms with Gasteiger partial charge in [0.1, 0.15) is 18.2 Å². The van der Waals surface area contributed by atoms with Crippen LogP contribution >= 0.6 is 0 Å². The quantitative estimate of drug-likeness (QED) is 0.522. The number of halogens is 2. The standard InChI is InChI=1S/C21H16F2N2O3S/c1-29(26,27)20-5-3-2-4-15(20)13-6-8-17-18(10-13)25-21(24-17)12-28-19-9-7-14(22)11-16(19)23/h2-11H,12H2,1H3,(H,24,25). The molecule has 0 aliphatic rings. The van der Waals surface area contributed by atoms with Gasteiger partial charge in [0, 0.05) is 17.9 Å². The number of aromatic amines is 1. The third kappa shape index (κ3) is 3.97. The number of imidazole rings is 1. The minimum Gasteiger partial charge on any atom is -0.483 e. The molecule has 1 heterocycles. The van der Waals surface area contributed by atoms with Gasteiger partial charge in [-0.1, -0.05) is 24.3 Å². The van der Waals surface area contributed by atoms with Crippen LogP contribution in [0, 0.1) is 11.6 Å². The average molecular weight is 414 g/mol. The van der Waals surface area contributed by atoms with Gasteiger partial charge in [0.2, 0.25) is 0 Å². The number of aromatic nitrogens is 2. The van der Waals surface area contributed by atoms with E-state index in [-0.39, 0.29) is 17.3 Å². The highest BCUT2D eigenvalue weighted by molar-refractivity contribution is 7.90. The molecule has 0 saturated heterocycles. The molecule has 0 unspecified atom stereocenters. The van der Waals surface area contributed by atoms with Gasteiger partial charge in [0.25, 0.3) is 0 Å². The van der Waals surface area contributed by atoms with Gasteiger partial charge in [-0.05, 0) is 35.9 Å². The SMILES string of the molecule is CS(=O)(=O)c1ccccc1-c1ccc2[nH]c(COc3ccc(F)cc3F)nc2c1. The molecule has 29 heavy (non-hydrogen) atoms. The number of fused-ring (bicyclic) bond motifs is 1. The summed E-state index contributed by atoms with van der Waals surface area (Å²) in [6.45, 7) is -0.0352. The van der Waals surface area contributed by atoms with Crippen LogP contribution in [-0.2, 0) is 16.4 Å². The second-order valence-electron chi connectivity index (χ2n) is 6.55. The Kier molecular flexibility index (Phi) is 4.79. The van der Waals surface area contributed by atoms with E-state index in [1.807, 2.05) is 0 Å². The maximum absolute atomic E-state index is 13.7. The summed E-state index contributed by atoms with van der Waals surface area (Å²) >= 11 is 0. The van der Waals surface area contributed by atoms with Crippen LogP contribution in [0.1, 0.15) is 5.82 Å². The molecule has 1 N–H and O–H groups in total. The van der Waals surface area contributed by atoms with Gasteiger partial charge < -0.3 is 9.72 Å². The first kappa shape index (κ1) is 19.1. The Balaban J connectivity index is 1.64. The van der Waals surface area contributed by atoms with Crippen LogP contribution in [0.5, 0.6) is 5.75 Å². The topological polar surface area (TPSA) is 72.0 Å². The van der Waals surface area contributed by atoms with Crippen molar-refractivity contribution in [3.63, 3.8) is 0 Å². The lowest BCUT2D eigenvalue weighted by molar-refractivity contribution is 0.281. The Morgan fingerprint density at radius 3 is 2.59 bits per heavy atom.